The average molecular weight is 260 g/mol. The number of thiazole rings is 1. The van der Waals surface area contributed by atoms with Crippen LogP contribution in [0.25, 0.3) is 0 Å². The van der Waals surface area contributed by atoms with Crippen LogP contribution in [0.2, 0.25) is 0 Å². The second-order valence-corrected chi connectivity index (χ2v) is 5.87. The number of nitrogen functional groups attached to an aromatic ring is 1. The molecule has 16 heavy (non-hydrogen) atoms. The Labute approximate surface area is 103 Å². The minimum Gasteiger partial charge on any atom is -0.481 e. The lowest BCUT2D eigenvalue weighted by Gasteiger charge is -1.99. The molecule has 6 heteroatoms. The van der Waals surface area contributed by atoms with Crippen molar-refractivity contribution < 1.29 is 9.90 Å². The molecule has 0 unspecified atom stereocenters. The smallest absolute Gasteiger partial charge is 0.303 e. The quantitative estimate of drug-likeness (QED) is 0.582. The number of aromatic nitrogens is 1. The Kier molecular flexibility index (Phi) is 5.62. The molecule has 3 N–H and O–H groups in total. The Morgan fingerprint density at radius 3 is 2.81 bits per heavy atom. The van der Waals surface area contributed by atoms with Gasteiger partial charge in [-0.3, -0.25) is 4.79 Å². The van der Waals surface area contributed by atoms with Crippen LogP contribution < -0.4 is 5.73 Å². The first-order valence-electron chi connectivity index (χ1n) is 5.17. The summed E-state index contributed by atoms with van der Waals surface area (Å²) in [5, 5.41) is 9.08. The predicted octanol–water partition coefficient (Wildman–Crippen LogP) is 2.77. The molecule has 0 bridgehead atoms. The molecular weight excluding hydrogens is 244 g/mol. The number of aliphatic carboxylic acids is 1. The highest BCUT2D eigenvalue weighted by molar-refractivity contribution is 8.01. The van der Waals surface area contributed by atoms with Gasteiger partial charge in [0.15, 0.2) is 5.13 Å². The number of nitrogens with zero attached hydrogens (tertiary/aromatic N) is 1. The maximum Gasteiger partial charge on any atom is 0.303 e. The first kappa shape index (κ1) is 13.3. The van der Waals surface area contributed by atoms with E-state index in [1.165, 1.54) is 15.5 Å². The molecule has 0 aromatic carbocycles. The number of unbranched alkanes of at least 4 members (excludes halogenated alkanes) is 2. The molecular formula is C10H16N2O2S2. The third-order valence-corrected chi connectivity index (χ3v) is 4.47. The van der Waals surface area contributed by atoms with E-state index in [0.717, 1.165) is 30.7 Å². The SMILES string of the molecule is Cc1nc(N)sc1SCCCCCC(=O)O. The molecule has 90 valence electrons. The summed E-state index contributed by atoms with van der Waals surface area (Å²) in [5.74, 6) is 0.293. The zero-order valence-electron chi connectivity index (χ0n) is 9.23. The molecule has 0 amide bonds. The van der Waals surface area contributed by atoms with Crippen LogP contribution >= 0.6 is 23.1 Å². The maximum absolute atomic E-state index is 10.3. The molecule has 4 nitrogen and oxygen atoms in total. The second-order valence-electron chi connectivity index (χ2n) is 3.48. The van der Waals surface area contributed by atoms with Crippen LogP contribution in [-0.2, 0) is 4.79 Å². The van der Waals surface area contributed by atoms with Gasteiger partial charge in [-0.25, -0.2) is 4.98 Å². The number of rotatable bonds is 7. The molecule has 0 aliphatic carbocycles. The molecule has 1 aromatic rings. The van der Waals surface area contributed by atoms with E-state index in [4.69, 9.17) is 10.8 Å². The fourth-order valence-corrected chi connectivity index (χ4v) is 3.35. The molecule has 1 heterocycles. The minimum atomic E-state index is -0.710. The van der Waals surface area contributed by atoms with Crippen LogP contribution in [0, 0.1) is 6.92 Å². The summed E-state index contributed by atoms with van der Waals surface area (Å²) in [6, 6.07) is 0. The van der Waals surface area contributed by atoms with Crippen LogP contribution in [0.15, 0.2) is 4.21 Å². The van der Waals surface area contributed by atoms with Gasteiger partial charge in [0.25, 0.3) is 0 Å². The van der Waals surface area contributed by atoms with Gasteiger partial charge in [0, 0.05) is 6.42 Å². The van der Waals surface area contributed by atoms with Crippen LogP contribution in [0.5, 0.6) is 0 Å². The first-order chi connectivity index (χ1) is 7.59. The van der Waals surface area contributed by atoms with Gasteiger partial charge in [0.2, 0.25) is 0 Å². The Morgan fingerprint density at radius 2 is 2.25 bits per heavy atom. The number of thioether (sulfide) groups is 1. The molecule has 0 fully saturated rings. The maximum atomic E-state index is 10.3. The van der Waals surface area contributed by atoms with E-state index in [0.29, 0.717) is 5.13 Å². The molecule has 1 aromatic heterocycles. The molecule has 0 aliphatic heterocycles. The number of carbonyl (C=O) groups is 1. The summed E-state index contributed by atoms with van der Waals surface area (Å²) in [5.41, 5.74) is 6.59. The van der Waals surface area contributed by atoms with Gasteiger partial charge in [0.05, 0.1) is 9.90 Å². The molecule has 0 aliphatic rings. The van der Waals surface area contributed by atoms with E-state index >= 15 is 0 Å². The summed E-state index contributed by atoms with van der Waals surface area (Å²) in [4.78, 5) is 14.4. The van der Waals surface area contributed by atoms with Gasteiger partial charge >= 0.3 is 5.97 Å². The van der Waals surface area contributed by atoms with Crippen LogP contribution in [-0.4, -0.2) is 21.8 Å². The standard InChI is InChI=1S/C10H16N2O2S2/c1-7-9(16-10(11)12-7)15-6-4-2-3-5-8(13)14/h2-6H2,1H3,(H2,11,12)(H,13,14). The van der Waals surface area contributed by atoms with Gasteiger partial charge in [-0.15, -0.1) is 11.8 Å². The Morgan fingerprint density at radius 1 is 1.50 bits per heavy atom. The highest BCUT2D eigenvalue weighted by atomic mass is 32.2. The van der Waals surface area contributed by atoms with Crippen molar-refractivity contribution in [3.8, 4) is 0 Å². The Hall–Kier alpha value is -0.750. The number of hydrogen-bond acceptors (Lipinski definition) is 5. The van der Waals surface area contributed by atoms with Crippen molar-refractivity contribution in [1.82, 2.24) is 4.98 Å². The molecule has 1 rings (SSSR count). The monoisotopic (exact) mass is 260 g/mol. The van der Waals surface area contributed by atoms with Crippen molar-refractivity contribution in [2.75, 3.05) is 11.5 Å². The number of aryl methyl sites for hydroxylation is 1. The fraction of sp³-hybridized carbons (Fsp3) is 0.600. The van der Waals surface area contributed by atoms with Crippen molar-refractivity contribution in [3.05, 3.63) is 5.69 Å². The van der Waals surface area contributed by atoms with E-state index in [1.54, 1.807) is 11.8 Å². The Balaban J connectivity index is 2.11. The van der Waals surface area contributed by atoms with Gasteiger partial charge in [0.1, 0.15) is 0 Å². The molecule has 0 radical (unpaired) electrons. The highest BCUT2D eigenvalue weighted by Crippen LogP contribution is 2.31. The normalized spacial score (nSPS) is 10.6. The van der Waals surface area contributed by atoms with Crippen LogP contribution in [0.3, 0.4) is 0 Å². The van der Waals surface area contributed by atoms with Gasteiger partial charge in [-0.2, -0.15) is 0 Å². The van der Waals surface area contributed by atoms with Crippen molar-refractivity contribution in [2.45, 2.75) is 36.8 Å². The zero-order valence-corrected chi connectivity index (χ0v) is 10.9. The van der Waals surface area contributed by atoms with Gasteiger partial charge in [-0.05, 0) is 25.5 Å². The van der Waals surface area contributed by atoms with Crippen molar-refractivity contribution in [1.29, 1.82) is 0 Å². The number of anilines is 1. The van der Waals surface area contributed by atoms with Crippen molar-refractivity contribution in [2.24, 2.45) is 0 Å². The van der Waals surface area contributed by atoms with E-state index in [9.17, 15) is 4.79 Å². The zero-order chi connectivity index (χ0) is 12.0. The molecule has 0 saturated carbocycles. The first-order valence-corrected chi connectivity index (χ1v) is 6.97. The minimum absolute atomic E-state index is 0.275. The number of carboxylic acids is 1. The molecule has 0 saturated heterocycles. The largest absolute Gasteiger partial charge is 0.481 e. The molecule has 0 atom stereocenters. The fourth-order valence-electron chi connectivity index (χ4n) is 1.26. The van der Waals surface area contributed by atoms with E-state index in [2.05, 4.69) is 4.98 Å². The highest BCUT2D eigenvalue weighted by Gasteiger charge is 2.05. The van der Waals surface area contributed by atoms with E-state index in [-0.39, 0.29) is 6.42 Å². The summed E-state index contributed by atoms with van der Waals surface area (Å²) in [7, 11) is 0. The summed E-state index contributed by atoms with van der Waals surface area (Å²) < 4.78 is 1.18. The second kappa shape index (κ2) is 6.75. The lowest BCUT2D eigenvalue weighted by Crippen LogP contribution is -1.93. The van der Waals surface area contributed by atoms with Gasteiger partial charge in [-0.1, -0.05) is 17.8 Å². The van der Waals surface area contributed by atoms with E-state index < -0.39 is 5.97 Å². The topological polar surface area (TPSA) is 76.2 Å². The lowest BCUT2D eigenvalue weighted by atomic mass is 10.2. The third-order valence-electron chi connectivity index (χ3n) is 2.04. The van der Waals surface area contributed by atoms with Crippen LogP contribution in [0.1, 0.15) is 31.4 Å². The van der Waals surface area contributed by atoms with Crippen molar-refractivity contribution >= 4 is 34.2 Å². The van der Waals surface area contributed by atoms with Crippen LogP contribution in [0.4, 0.5) is 5.13 Å². The third kappa shape index (κ3) is 4.85. The van der Waals surface area contributed by atoms with Gasteiger partial charge < -0.3 is 10.8 Å². The van der Waals surface area contributed by atoms with E-state index in [1.807, 2.05) is 6.92 Å². The molecule has 0 spiro atoms. The summed E-state index contributed by atoms with van der Waals surface area (Å²) in [6.07, 6.45) is 3.04. The lowest BCUT2D eigenvalue weighted by molar-refractivity contribution is -0.137. The summed E-state index contributed by atoms with van der Waals surface area (Å²) in [6.45, 7) is 1.96. The summed E-state index contributed by atoms with van der Waals surface area (Å²) >= 11 is 3.27. The van der Waals surface area contributed by atoms with Crippen molar-refractivity contribution in [3.63, 3.8) is 0 Å². The number of carboxylic acid groups (broad SMARTS) is 1. The average Bonchev–Trinajstić information content (AvgIpc) is 2.50. The predicted molar refractivity (Wildman–Crippen MR) is 68.1 cm³/mol. The Bertz CT molecular complexity index is 353. The number of nitrogens with two attached hydrogens (primary N) is 1. The number of hydrogen-bond donors (Lipinski definition) is 2.